The number of hydrogen-bond acceptors (Lipinski definition) is 5. The van der Waals surface area contributed by atoms with Gasteiger partial charge in [0.15, 0.2) is 0 Å². The van der Waals surface area contributed by atoms with Crippen LogP contribution in [0.25, 0.3) is 5.69 Å². The van der Waals surface area contributed by atoms with Crippen molar-refractivity contribution in [1.29, 1.82) is 0 Å². The summed E-state index contributed by atoms with van der Waals surface area (Å²) in [5.41, 5.74) is 0.446. The van der Waals surface area contributed by atoms with Gasteiger partial charge < -0.3 is 15.5 Å². The van der Waals surface area contributed by atoms with Crippen molar-refractivity contribution in [2.45, 2.75) is 6.18 Å². The van der Waals surface area contributed by atoms with Gasteiger partial charge in [-0.1, -0.05) is 12.1 Å². The van der Waals surface area contributed by atoms with Crippen molar-refractivity contribution in [2.24, 2.45) is 0 Å². The molecule has 0 atom stereocenters. The van der Waals surface area contributed by atoms with Crippen molar-refractivity contribution in [3.05, 3.63) is 60.7 Å². The van der Waals surface area contributed by atoms with Crippen LogP contribution in [-0.4, -0.2) is 39.7 Å². The maximum absolute atomic E-state index is 13.2. The van der Waals surface area contributed by atoms with Crippen molar-refractivity contribution in [2.75, 3.05) is 28.6 Å². The van der Waals surface area contributed by atoms with E-state index in [0.717, 1.165) is 12.1 Å². The Balaban J connectivity index is 1.61. The molecular weight excluding hydrogens is 401 g/mol. The Kier molecular flexibility index (Phi) is 4.86. The summed E-state index contributed by atoms with van der Waals surface area (Å²) in [5, 5.41) is 9.12. The summed E-state index contributed by atoms with van der Waals surface area (Å²) in [4.78, 5) is 29.9. The number of amides is 2. The summed E-state index contributed by atoms with van der Waals surface area (Å²) < 4.78 is 40.7. The highest BCUT2D eigenvalue weighted by Crippen LogP contribution is 2.33. The number of benzene rings is 2. The topological polar surface area (TPSA) is 92.2 Å². The van der Waals surface area contributed by atoms with Gasteiger partial charge >= 0.3 is 6.18 Å². The lowest BCUT2D eigenvalue weighted by molar-refractivity contribution is -0.137. The van der Waals surface area contributed by atoms with Gasteiger partial charge in [-0.15, -0.1) is 0 Å². The lowest BCUT2D eigenvalue weighted by Crippen LogP contribution is -2.42. The average Bonchev–Trinajstić information content (AvgIpc) is 3.21. The van der Waals surface area contributed by atoms with Gasteiger partial charge in [-0.25, -0.2) is 9.67 Å². The minimum Gasteiger partial charge on any atom is -0.351 e. The first-order valence-electron chi connectivity index (χ1n) is 8.81. The predicted octanol–water partition coefficient (Wildman–Crippen LogP) is 2.68. The highest BCUT2D eigenvalue weighted by Gasteiger charge is 2.31. The number of nitrogens with one attached hydrogen (secondary N) is 2. The van der Waals surface area contributed by atoms with Gasteiger partial charge in [0.1, 0.15) is 12.7 Å². The summed E-state index contributed by atoms with van der Waals surface area (Å²) in [6, 6.07) is 9.90. The van der Waals surface area contributed by atoms with E-state index in [1.807, 2.05) is 0 Å². The third-order valence-corrected chi connectivity index (χ3v) is 4.45. The molecule has 0 radical (unpaired) electrons. The smallest absolute Gasteiger partial charge is 0.351 e. The second-order valence-electron chi connectivity index (χ2n) is 6.54. The van der Waals surface area contributed by atoms with Gasteiger partial charge in [0.05, 0.1) is 41.4 Å². The lowest BCUT2D eigenvalue weighted by atomic mass is 10.1. The van der Waals surface area contributed by atoms with Gasteiger partial charge in [0.2, 0.25) is 11.8 Å². The van der Waals surface area contributed by atoms with Crippen LogP contribution in [0.4, 0.5) is 30.2 Å². The molecule has 0 aliphatic carbocycles. The zero-order valence-corrected chi connectivity index (χ0v) is 15.3. The number of para-hydroxylation sites is 2. The Bertz CT molecular complexity index is 1100. The highest BCUT2D eigenvalue weighted by molar-refractivity contribution is 6.04. The van der Waals surface area contributed by atoms with Crippen molar-refractivity contribution < 1.29 is 22.8 Å². The first-order chi connectivity index (χ1) is 14.3. The average molecular weight is 416 g/mol. The highest BCUT2D eigenvalue weighted by atomic mass is 19.4. The van der Waals surface area contributed by atoms with E-state index in [1.165, 1.54) is 23.4 Å². The van der Waals surface area contributed by atoms with Gasteiger partial charge in [0, 0.05) is 0 Å². The second-order valence-corrected chi connectivity index (χ2v) is 6.54. The molecule has 11 heteroatoms. The fraction of sp³-hybridized carbons (Fsp3) is 0.158. The number of hydrogen-bond donors (Lipinski definition) is 2. The minimum absolute atomic E-state index is 0.0526. The van der Waals surface area contributed by atoms with Gasteiger partial charge in [-0.2, -0.15) is 18.3 Å². The molecule has 0 spiro atoms. The molecule has 154 valence electrons. The Morgan fingerprint density at radius 1 is 1.17 bits per heavy atom. The van der Waals surface area contributed by atoms with Crippen LogP contribution in [0.15, 0.2) is 55.1 Å². The number of fused-ring (bicyclic) bond motifs is 1. The molecule has 1 aliphatic heterocycles. The predicted molar refractivity (Wildman–Crippen MR) is 102 cm³/mol. The Labute approximate surface area is 168 Å². The molecule has 2 heterocycles. The van der Waals surface area contributed by atoms with Crippen LogP contribution in [0, 0.1) is 0 Å². The molecule has 0 bridgehead atoms. The molecule has 0 unspecified atom stereocenters. The van der Waals surface area contributed by atoms with Crippen LogP contribution >= 0.6 is 0 Å². The molecule has 3 aromatic rings. The van der Waals surface area contributed by atoms with E-state index in [2.05, 4.69) is 20.7 Å². The number of anilines is 3. The SMILES string of the molecule is O=C1CN(CC(=O)Nc2cc(C(F)(F)F)ccc2-n2cncn2)c2ccccc2N1. The summed E-state index contributed by atoms with van der Waals surface area (Å²) in [5.74, 6) is -0.871. The number of carbonyl (C=O) groups is 2. The van der Waals surface area contributed by atoms with E-state index in [0.29, 0.717) is 11.4 Å². The van der Waals surface area contributed by atoms with Crippen molar-refractivity contribution in [3.8, 4) is 5.69 Å². The zero-order chi connectivity index (χ0) is 21.3. The van der Waals surface area contributed by atoms with Crippen molar-refractivity contribution in [1.82, 2.24) is 14.8 Å². The molecule has 1 aromatic heterocycles. The monoisotopic (exact) mass is 416 g/mol. The number of rotatable bonds is 4. The van der Waals surface area contributed by atoms with E-state index in [1.54, 1.807) is 29.2 Å². The fourth-order valence-electron chi connectivity index (χ4n) is 3.15. The Morgan fingerprint density at radius 2 is 1.97 bits per heavy atom. The largest absolute Gasteiger partial charge is 0.416 e. The summed E-state index contributed by atoms with van der Waals surface area (Å²) in [6.07, 6.45) is -2.04. The third kappa shape index (κ3) is 3.95. The summed E-state index contributed by atoms with van der Waals surface area (Å²) in [7, 11) is 0. The third-order valence-electron chi connectivity index (χ3n) is 4.45. The van der Waals surface area contributed by atoms with Crippen molar-refractivity contribution >= 4 is 28.9 Å². The van der Waals surface area contributed by atoms with E-state index in [9.17, 15) is 22.8 Å². The second kappa shape index (κ2) is 7.50. The number of halogens is 3. The number of nitrogens with zero attached hydrogens (tertiary/aromatic N) is 4. The summed E-state index contributed by atoms with van der Waals surface area (Å²) >= 11 is 0. The van der Waals surface area contributed by atoms with Crippen LogP contribution in [0.2, 0.25) is 0 Å². The Hall–Kier alpha value is -3.89. The molecule has 2 N–H and O–H groups in total. The standard InChI is InChI=1S/C19H15F3N6O2/c20-19(21,22)12-5-6-16(28-11-23-10-24-28)14(7-12)26-18(30)9-27-8-17(29)25-13-3-1-2-4-15(13)27/h1-7,10-11H,8-9H2,(H,25,29)(H,26,30). The zero-order valence-electron chi connectivity index (χ0n) is 15.3. The first kappa shape index (κ1) is 19.4. The van der Waals surface area contributed by atoms with Gasteiger partial charge in [-0.3, -0.25) is 9.59 Å². The van der Waals surface area contributed by atoms with Crippen LogP contribution in [0.5, 0.6) is 0 Å². The molecule has 0 saturated carbocycles. The Morgan fingerprint density at radius 3 is 2.70 bits per heavy atom. The molecule has 2 aromatic carbocycles. The molecule has 4 rings (SSSR count). The molecular formula is C19H15F3N6O2. The molecule has 0 saturated heterocycles. The molecule has 8 nitrogen and oxygen atoms in total. The van der Waals surface area contributed by atoms with E-state index < -0.39 is 17.6 Å². The number of alkyl halides is 3. The first-order valence-corrected chi connectivity index (χ1v) is 8.81. The van der Waals surface area contributed by atoms with Crippen LogP contribution in [-0.2, 0) is 15.8 Å². The van der Waals surface area contributed by atoms with E-state index in [-0.39, 0.29) is 30.4 Å². The molecule has 0 fully saturated rings. The lowest BCUT2D eigenvalue weighted by Gasteiger charge is -2.30. The van der Waals surface area contributed by atoms with Crippen molar-refractivity contribution in [3.63, 3.8) is 0 Å². The van der Waals surface area contributed by atoms with E-state index in [4.69, 9.17) is 0 Å². The maximum Gasteiger partial charge on any atom is 0.416 e. The molecule has 2 amide bonds. The van der Waals surface area contributed by atoms with Gasteiger partial charge in [0.25, 0.3) is 0 Å². The maximum atomic E-state index is 13.2. The quantitative estimate of drug-likeness (QED) is 0.682. The minimum atomic E-state index is -4.58. The van der Waals surface area contributed by atoms with Crippen LogP contribution in [0.1, 0.15) is 5.56 Å². The molecule has 1 aliphatic rings. The van der Waals surface area contributed by atoms with Crippen LogP contribution < -0.4 is 15.5 Å². The molecule has 30 heavy (non-hydrogen) atoms. The fourth-order valence-corrected chi connectivity index (χ4v) is 3.15. The van der Waals surface area contributed by atoms with Gasteiger partial charge in [-0.05, 0) is 30.3 Å². The normalized spacial score (nSPS) is 13.6. The van der Waals surface area contributed by atoms with E-state index >= 15 is 0 Å². The number of aromatic nitrogens is 3. The number of carbonyl (C=O) groups excluding carboxylic acids is 2. The summed E-state index contributed by atoms with van der Waals surface area (Å²) in [6.45, 7) is -0.277. The van der Waals surface area contributed by atoms with Crippen LogP contribution in [0.3, 0.4) is 0 Å².